The van der Waals surface area contributed by atoms with E-state index in [2.05, 4.69) is 0 Å². The first-order valence-electron chi connectivity index (χ1n) is 5.72. The fraction of sp³-hybridized carbons (Fsp3) is 0.462. The van der Waals surface area contributed by atoms with Crippen molar-refractivity contribution in [2.45, 2.75) is 18.5 Å². The number of hydrogen-bond acceptors (Lipinski definition) is 2. The Morgan fingerprint density at radius 3 is 2.59 bits per heavy atom. The summed E-state index contributed by atoms with van der Waals surface area (Å²) in [6.45, 7) is 1.29. The Balaban J connectivity index is 2.24. The molecule has 1 aromatic carbocycles. The summed E-state index contributed by atoms with van der Waals surface area (Å²) in [6.07, 6.45) is 1.33. The molecule has 17 heavy (non-hydrogen) atoms. The predicted octanol–water partition coefficient (Wildman–Crippen LogP) is 2.28. The Kier molecular flexibility index (Phi) is 3.15. The van der Waals surface area contributed by atoms with Crippen LogP contribution in [0.5, 0.6) is 0 Å². The molecule has 1 atom stereocenters. The first-order chi connectivity index (χ1) is 8.01. The second kappa shape index (κ2) is 4.45. The second-order valence-corrected chi connectivity index (χ2v) is 4.69. The molecule has 92 valence electrons. The van der Waals surface area contributed by atoms with Gasteiger partial charge >= 0.3 is 5.97 Å². The summed E-state index contributed by atoms with van der Waals surface area (Å²) in [7, 11) is 1.90. The maximum absolute atomic E-state index is 14.7. The lowest BCUT2D eigenvalue weighted by atomic mass is 9.87. The van der Waals surface area contributed by atoms with Crippen molar-refractivity contribution in [2.75, 3.05) is 20.1 Å². The van der Waals surface area contributed by atoms with Crippen molar-refractivity contribution >= 4 is 5.97 Å². The third-order valence-electron chi connectivity index (χ3n) is 3.28. The van der Waals surface area contributed by atoms with E-state index in [1.807, 2.05) is 11.9 Å². The van der Waals surface area contributed by atoms with Crippen LogP contribution in [0.3, 0.4) is 0 Å². The summed E-state index contributed by atoms with van der Waals surface area (Å²) >= 11 is 0. The molecule has 1 saturated heterocycles. The zero-order valence-corrected chi connectivity index (χ0v) is 9.82. The number of carboxylic acids is 1. The van der Waals surface area contributed by atoms with Gasteiger partial charge in [0, 0.05) is 6.54 Å². The number of benzene rings is 1. The van der Waals surface area contributed by atoms with Crippen LogP contribution in [0, 0.1) is 0 Å². The SMILES string of the molecule is CN1CCCC(F)(c2ccc(C(=O)O)cc2)C1. The zero-order valence-electron chi connectivity index (χ0n) is 9.82. The molecule has 0 aliphatic carbocycles. The molecule has 0 spiro atoms. The molecule has 1 N–H and O–H groups in total. The minimum atomic E-state index is -1.34. The molecule has 2 rings (SSSR count). The molecule has 3 nitrogen and oxygen atoms in total. The Morgan fingerprint density at radius 2 is 2.06 bits per heavy atom. The molecule has 0 aromatic heterocycles. The van der Waals surface area contributed by atoms with Crippen molar-refractivity contribution < 1.29 is 14.3 Å². The molecule has 1 unspecified atom stereocenters. The van der Waals surface area contributed by atoms with E-state index in [0.29, 0.717) is 18.5 Å². The van der Waals surface area contributed by atoms with Gasteiger partial charge in [-0.15, -0.1) is 0 Å². The van der Waals surface area contributed by atoms with Crippen LogP contribution in [0.4, 0.5) is 4.39 Å². The average Bonchev–Trinajstić information content (AvgIpc) is 2.29. The van der Waals surface area contributed by atoms with Crippen LogP contribution in [-0.2, 0) is 5.67 Å². The van der Waals surface area contributed by atoms with E-state index in [9.17, 15) is 9.18 Å². The second-order valence-electron chi connectivity index (χ2n) is 4.69. The fourth-order valence-corrected chi connectivity index (χ4v) is 2.36. The topological polar surface area (TPSA) is 40.5 Å². The number of carbonyl (C=O) groups is 1. The van der Waals surface area contributed by atoms with Crippen molar-refractivity contribution in [3.63, 3.8) is 0 Å². The van der Waals surface area contributed by atoms with Gasteiger partial charge in [-0.25, -0.2) is 9.18 Å². The highest BCUT2D eigenvalue weighted by molar-refractivity contribution is 5.87. The van der Waals surface area contributed by atoms with Gasteiger partial charge in [-0.05, 0) is 44.1 Å². The van der Waals surface area contributed by atoms with E-state index in [0.717, 1.165) is 13.0 Å². The minimum absolute atomic E-state index is 0.196. The monoisotopic (exact) mass is 237 g/mol. The standard InChI is InChI=1S/C13H16FNO2/c1-15-8-2-7-13(14,9-15)11-5-3-10(4-6-11)12(16)17/h3-6H,2,7-9H2,1H3,(H,16,17). The van der Waals surface area contributed by atoms with Crippen LogP contribution in [0.15, 0.2) is 24.3 Å². The van der Waals surface area contributed by atoms with Crippen molar-refractivity contribution in [3.8, 4) is 0 Å². The summed E-state index contributed by atoms with van der Waals surface area (Å²) in [5, 5.41) is 8.79. The lowest BCUT2D eigenvalue weighted by Crippen LogP contribution is -2.41. The van der Waals surface area contributed by atoms with E-state index in [-0.39, 0.29) is 5.56 Å². The predicted molar refractivity (Wildman–Crippen MR) is 62.9 cm³/mol. The third kappa shape index (κ3) is 2.47. The third-order valence-corrected chi connectivity index (χ3v) is 3.28. The highest BCUT2D eigenvalue weighted by atomic mass is 19.1. The van der Waals surface area contributed by atoms with Gasteiger partial charge in [0.1, 0.15) is 5.67 Å². The van der Waals surface area contributed by atoms with Crippen molar-refractivity contribution in [1.29, 1.82) is 0 Å². The van der Waals surface area contributed by atoms with Crippen molar-refractivity contribution in [1.82, 2.24) is 4.90 Å². The van der Waals surface area contributed by atoms with E-state index in [4.69, 9.17) is 5.11 Å². The number of likely N-dealkylation sites (N-methyl/N-ethyl adjacent to an activating group) is 1. The fourth-order valence-electron chi connectivity index (χ4n) is 2.36. The first kappa shape index (κ1) is 12.0. The van der Waals surface area contributed by atoms with Crippen LogP contribution < -0.4 is 0 Å². The van der Waals surface area contributed by atoms with E-state index in [1.54, 1.807) is 12.1 Å². The molecule has 1 aromatic rings. The van der Waals surface area contributed by atoms with E-state index < -0.39 is 11.6 Å². The Hall–Kier alpha value is -1.42. The van der Waals surface area contributed by atoms with Gasteiger partial charge in [-0.2, -0.15) is 0 Å². The number of hydrogen-bond donors (Lipinski definition) is 1. The van der Waals surface area contributed by atoms with Crippen molar-refractivity contribution in [3.05, 3.63) is 35.4 Å². The summed E-state index contributed by atoms with van der Waals surface area (Å²) in [5.41, 5.74) is -0.570. The summed E-state index contributed by atoms with van der Waals surface area (Å²) in [5.74, 6) is -0.981. The molecule has 0 radical (unpaired) electrons. The van der Waals surface area contributed by atoms with Gasteiger partial charge in [-0.1, -0.05) is 12.1 Å². The summed E-state index contributed by atoms with van der Waals surface area (Å²) < 4.78 is 14.7. The molecule has 4 heteroatoms. The number of rotatable bonds is 2. The number of nitrogens with zero attached hydrogens (tertiary/aromatic N) is 1. The van der Waals surface area contributed by atoms with Gasteiger partial charge in [-0.3, -0.25) is 0 Å². The molecule has 1 aliphatic heterocycles. The molecule has 1 aliphatic rings. The molecule has 0 amide bonds. The molecule has 1 heterocycles. The maximum atomic E-state index is 14.7. The van der Waals surface area contributed by atoms with Gasteiger partial charge < -0.3 is 10.0 Å². The first-order valence-corrected chi connectivity index (χ1v) is 5.72. The minimum Gasteiger partial charge on any atom is -0.478 e. The van der Waals surface area contributed by atoms with Gasteiger partial charge in [0.05, 0.1) is 5.56 Å². The molecule has 0 bridgehead atoms. The van der Waals surface area contributed by atoms with Crippen LogP contribution in [0.2, 0.25) is 0 Å². The Bertz CT molecular complexity index is 418. The highest BCUT2D eigenvalue weighted by Crippen LogP contribution is 2.35. The highest BCUT2D eigenvalue weighted by Gasteiger charge is 2.35. The number of carboxylic acid groups (broad SMARTS) is 1. The Labute approximate surface area is 99.9 Å². The normalized spacial score (nSPS) is 25.8. The van der Waals surface area contributed by atoms with Gasteiger partial charge in [0.2, 0.25) is 0 Å². The smallest absolute Gasteiger partial charge is 0.335 e. The van der Waals surface area contributed by atoms with Gasteiger partial charge in [0.25, 0.3) is 0 Å². The molecule has 0 saturated carbocycles. The maximum Gasteiger partial charge on any atom is 0.335 e. The van der Waals surface area contributed by atoms with E-state index >= 15 is 0 Å². The molecule has 1 fully saturated rings. The number of likely N-dealkylation sites (tertiary alicyclic amines) is 1. The van der Waals surface area contributed by atoms with Crippen LogP contribution in [-0.4, -0.2) is 36.1 Å². The summed E-state index contributed by atoms with van der Waals surface area (Å²) in [6, 6.07) is 6.10. The van der Waals surface area contributed by atoms with Crippen molar-refractivity contribution in [2.24, 2.45) is 0 Å². The molecular formula is C13H16FNO2. The van der Waals surface area contributed by atoms with Crippen LogP contribution >= 0.6 is 0 Å². The largest absolute Gasteiger partial charge is 0.478 e. The average molecular weight is 237 g/mol. The van der Waals surface area contributed by atoms with Crippen LogP contribution in [0.25, 0.3) is 0 Å². The van der Waals surface area contributed by atoms with E-state index in [1.165, 1.54) is 12.1 Å². The zero-order chi connectivity index (χ0) is 12.5. The number of piperidine rings is 1. The van der Waals surface area contributed by atoms with Crippen LogP contribution in [0.1, 0.15) is 28.8 Å². The quantitative estimate of drug-likeness (QED) is 0.857. The summed E-state index contributed by atoms with van der Waals surface area (Å²) in [4.78, 5) is 12.7. The number of aromatic carboxylic acids is 1. The number of halogens is 1. The lowest BCUT2D eigenvalue weighted by Gasteiger charge is -2.35. The number of alkyl halides is 1. The molecular weight excluding hydrogens is 221 g/mol. The van der Waals surface area contributed by atoms with Gasteiger partial charge in [0.15, 0.2) is 0 Å². The Morgan fingerprint density at radius 1 is 1.41 bits per heavy atom. The lowest BCUT2D eigenvalue weighted by molar-refractivity contribution is 0.0561.